The van der Waals surface area contributed by atoms with Crippen molar-refractivity contribution in [3.63, 3.8) is 0 Å². The quantitative estimate of drug-likeness (QED) is 0.287. The van der Waals surface area contributed by atoms with Gasteiger partial charge in [-0.05, 0) is 54.6 Å². The van der Waals surface area contributed by atoms with Gasteiger partial charge in [0.15, 0.2) is 18.1 Å². The van der Waals surface area contributed by atoms with E-state index in [1.54, 1.807) is 73.2 Å². The molecule has 0 aliphatic carbocycles. The van der Waals surface area contributed by atoms with Gasteiger partial charge in [0.2, 0.25) is 5.78 Å². The summed E-state index contributed by atoms with van der Waals surface area (Å²) in [5, 5.41) is 0. The van der Waals surface area contributed by atoms with Crippen molar-refractivity contribution < 1.29 is 23.2 Å². The summed E-state index contributed by atoms with van der Waals surface area (Å²) in [4.78, 5) is 37.9. The summed E-state index contributed by atoms with van der Waals surface area (Å²) in [6, 6.07) is 16.8. The van der Waals surface area contributed by atoms with Crippen LogP contribution in [0.15, 0.2) is 88.2 Å². The van der Waals surface area contributed by atoms with Crippen LogP contribution < -0.4 is 0 Å². The predicted octanol–water partition coefficient (Wildman–Crippen LogP) is 4.58. The third-order valence-corrected chi connectivity index (χ3v) is 4.69. The van der Waals surface area contributed by atoms with Gasteiger partial charge >= 0.3 is 5.97 Å². The van der Waals surface area contributed by atoms with Crippen LogP contribution in [0.2, 0.25) is 0 Å². The standard InChI is InChI=1S/C24H15N3O5/c28-19(17-5-1-2-10-25-17)14-32-24(29)15-8-9-16-18(13-15)27-23(21-7-4-12-31-21)22(26-16)20-6-3-11-30-20/h1-13H,14H2. The van der Waals surface area contributed by atoms with Gasteiger partial charge in [-0.15, -0.1) is 0 Å². The molecular weight excluding hydrogens is 410 g/mol. The lowest BCUT2D eigenvalue weighted by atomic mass is 10.1. The van der Waals surface area contributed by atoms with Gasteiger partial charge in [0.25, 0.3) is 0 Å². The number of carbonyl (C=O) groups excluding carboxylic acids is 2. The molecule has 8 nitrogen and oxygen atoms in total. The van der Waals surface area contributed by atoms with Crippen LogP contribution in [0.25, 0.3) is 33.9 Å². The van der Waals surface area contributed by atoms with Crippen molar-refractivity contribution in [2.75, 3.05) is 6.61 Å². The summed E-state index contributed by atoms with van der Waals surface area (Å²) in [7, 11) is 0. The van der Waals surface area contributed by atoms with E-state index in [-0.39, 0.29) is 17.0 Å². The van der Waals surface area contributed by atoms with E-state index in [4.69, 9.17) is 13.6 Å². The van der Waals surface area contributed by atoms with Crippen LogP contribution in [-0.4, -0.2) is 33.3 Å². The maximum atomic E-state index is 12.5. The number of fused-ring (bicyclic) bond motifs is 1. The van der Waals surface area contributed by atoms with Gasteiger partial charge in [0, 0.05) is 6.20 Å². The van der Waals surface area contributed by atoms with Gasteiger partial charge in [-0.3, -0.25) is 9.78 Å². The average Bonchev–Trinajstić information content (AvgIpc) is 3.56. The lowest BCUT2D eigenvalue weighted by Crippen LogP contribution is -2.15. The fourth-order valence-corrected chi connectivity index (χ4v) is 3.17. The lowest BCUT2D eigenvalue weighted by molar-refractivity contribution is 0.0473. The van der Waals surface area contributed by atoms with Crippen molar-refractivity contribution in [3.8, 4) is 22.9 Å². The number of benzene rings is 1. The number of hydrogen-bond acceptors (Lipinski definition) is 8. The second-order valence-corrected chi connectivity index (χ2v) is 6.79. The molecule has 0 N–H and O–H groups in total. The van der Waals surface area contributed by atoms with Crippen LogP contribution in [0.3, 0.4) is 0 Å². The first-order valence-electron chi connectivity index (χ1n) is 9.70. The van der Waals surface area contributed by atoms with Crippen LogP contribution in [0.4, 0.5) is 0 Å². The number of Topliss-reactive ketones (excluding diaryl/α,β-unsaturated/α-hetero) is 1. The maximum Gasteiger partial charge on any atom is 0.338 e. The molecule has 0 saturated carbocycles. The topological polar surface area (TPSA) is 108 Å². The lowest BCUT2D eigenvalue weighted by Gasteiger charge is -2.08. The number of rotatable bonds is 6. The second-order valence-electron chi connectivity index (χ2n) is 6.79. The molecule has 0 saturated heterocycles. The molecule has 1 aromatic carbocycles. The van der Waals surface area contributed by atoms with Crippen molar-refractivity contribution in [1.82, 2.24) is 15.0 Å². The Balaban J connectivity index is 1.45. The first-order valence-corrected chi connectivity index (χ1v) is 9.70. The minimum atomic E-state index is -0.646. The summed E-state index contributed by atoms with van der Waals surface area (Å²) in [6.45, 7) is -0.408. The van der Waals surface area contributed by atoms with Crippen molar-refractivity contribution in [3.05, 3.63) is 90.6 Å². The van der Waals surface area contributed by atoms with E-state index in [1.807, 2.05) is 0 Å². The molecule has 0 bridgehead atoms. The molecule has 4 heterocycles. The number of ketones is 1. The Labute approximate surface area is 181 Å². The Morgan fingerprint density at radius 1 is 0.812 bits per heavy atom. The Morgan fingerprint density at radius 2 is 1.53 bits per heavy atom. The Hall–Kier alpha value is -4.59. The highest BCUT2D eigenvalue weighted by molar-refractivity contribution is 5.99. The van der Waals surface area contributed by atoms with Crippen LogP contribution in [0.1, 0.15) is 20.8 Å². The summed E-state index contributed by atoms with van der Waals surface area (Å²) < 4.78 is 16.2. The molecule has 8 heteroatoms. The van der Waals surface area contributed by atoms with Gasteiger partial charge in [-0.1, -0.05) is 6.07 Å². The van der Waals surface area contributed by atoms with Gasteiger partial charge in [0.1, 0.15) is 17.1 Å². The van der Waals surface area contributed by atoms with Crippen molar-refractivity contribution in [2.24, 2.45) is 0 Å². The number of aromatic nitrogens is 3. The molecule has 0 atom stereocenters. The average molecular weight is 425 g/mol. The third-order valence-electron chi connectivity index (χ3n) is 4.69. The number of carbonyl (C=O) groups is 2. The Morgan fingerprint density at radius 3 is 2.16 bits per heavy atom. The first kappa shape index (κ1) is 19.4. The molecule has 4 aromatic heterocycles. The largest absolute Gasteiger partial charge is 0.463 e. The van der Waals surface area contributed by atoms with Gasteiger partial charge < -0.3 is 13.6 Å². The molecule has 0 radical (unpaired) electrons. The number of pyridine rings is 1. The fourth-order valence-electron chi connectivity index (χ4n) is 3.17. The van der Waals surface area contributed by atoms with Gasteiger partial charge in [-0.2, -0.15) is 0 Å². The summed E-state index contributed by atoms with van der Waals surface area (Å²) >= 11 is 0. The second kappa shape index (κ2) is 8.27. The van der Waals surface area contributed by atoms with E-state index in [9.17, 15) is 9.59 Å². The summed E-state index contributed by atoms with van der Waals surface area (Å²) in [5.41, 5.74) is 2.52. The highest BCUT2D eigenvalue weighted by Crippen LogP contribution is 2.31. The summed E-state index contributed by atoms with van der Waals surface area (Å²) in [6.07, 6.45) is 4.60. The molecule has 5 aromatic rings. The zero-order valence-electron chi connectivity index (χ0n) is 16.6. The number of furan rings is 2. The summed E-state index contributed by atoms with van der Waals surface area (Å²) in [5.74, 6) is 0.0254. The molecule has 32 heavy (non-hydrogen) atoms. The minimum absolute atomic E-state index is 0.234. The Kier molecular flexibility index (Phi) is 5.01. The van der Waals surface area contributed by atoms with E-state index in [0.29, 0.717) is 33.9 Å². The molecule has 5 rings (SSSR count). The highest BCUT2D eigenvalue weighted by atomic mass is 16.5. The van der Waals surface area contributed by atoms with Crippen LogP contribution in [0.5, 0.6) is 0 Å². The van der Waals surface area contributed by atoms with Crippen LogP contribution in [0, 0.1) is 0 Å². The van der Waals surface area contributed by atoms with E-state index in [1.165, 1.54) is 6.20 Å². The van der Waals surface area contributed by atoms with Gasteiger partial charge in [0.05, 0.1) is 29.1 Å². The molecule has 0 amide bonds. The van der Waals surface area contributed by atoms with Crippen molar-refractivity contribution >= 4 is 22.8 Å². The molecule has 0 aliphatic rings. The molecule has 156 valence electrons. The van der Waals surface area contributed by atoms with E-state index < -0.39 is 12.6 Å². The zero-order valence-corrected chi connectivity index (χ0v) is 16.6. The van der Waals surface area contributed by atoms with E-state index in [0.717, 1.165) is 0 Å². The smallest absolute Gasteiger partial charge is 0.338 e. The predicted molar refractivity (Wildman–Crippen MR) is 114 cm³/mol. The number of nitrogens with zero attached hydrogens (tertiary/aromatic N) is 3. The van der Waals surface area contributed by atoms with Crippen molar-refractivity contribution in [1.29, 1.82) is 0 Å². The number of ether oxygens (including phenoxy) is 1. The number of esters is 1. The van der Waals surface area contributed by atoms with Crippen molar-refractivity contribution in [2.45, 2.75) is 0 Å². The van der Waals surface area contributed by atoms with E-state index >= 15 is 0 Å². The zero-order chi connectivity index (χ0) is 21.9. The monoisotopic (exact) mass is 425 g/mol. The number of hydrogen-bond donors (Lipinski definition) is 0. The van der Waals surface area contributed by atoms with Crippen LogP contribution >= 0.6 is 0 Å². The highest BCUT2D eigenvalue weighted by Gasteiger charge is 2.19. The normalized spacial score (nSPS) is 10.9. The molecule has 0 aliphatic heterocycles. The van der Waals surface area contributed by atoms with Gasteiger partial charge in [-0.25, -0.2) is 14.8 Å². The minimum Gasteiger partial charge on any atom is -0.463 e. The third kappa shape index (κ3) is 3.77. The SMILES string of the molecule is O=C(OCC(=O)c1ccccn1)c1ccc2nc(-c3ccco3)c(-c3ccco3)nc2c1. The molecule has 0 fully saturated rings. The molecule has 0 unspecified atom stereocenters. The molecule has 0 spiro atoms. The first-order chi connectivity index (χ1) is 15.7. The Bertz CT molecular complexity index is 1390. The van der Waals surface area contributed by atoms with E-state index in [2.05, 4.69) is 15.0 Å². The fraction of sp³-hybridized carbons (Fsp3) is 0.0417. The molecular formula is C24H15N3O5. The maximum absolute atomic E-state index is 12.5. The van der Waals surface area contributed by atoms with Crippen LogP contribution in [-0.2, 0) is 4.74 Å².